The topological polar surface area (TPSA) is 43.4 Å². The quantitative estimate of drug-likeness (QED) is 0.291. The molecule has 0 fully saturated rings. The lowest BCUT2D eigenvalue weighted by molar-refractivity contribution is -0.142. The van der Waals surface area contributed by atoms with Crippen LogP contribution in [-0.2, 0) is 4.79 Å². The summed E-state index contributed by atoms with van der Waals surface area (Å²) in [7, 11) is 0. The third kappa shape index (κ3) is 5.45. The van der Waals surface area contributed by atoms with Gasteiger partial charge in [-0.3, -0.25) is 9.59 Å². The van der Waals surface area contributed by atoms with E-state index in [9.17, 15) is 9.59 Å². The minimum Gasteiger partial charge on any atom is -0.426 e. The van der Waals surface area contributed by atoms with Crippen LogP contribution in [0.15, 0.2) is 48.5 Å². The van der Waals surface area contributed by atoms with E-state index in [4.69, 9.17) is 27.9 Å². The van der Waals surface area contributed by atoms with Crippen LogP contribution < -0.4 is 4.74 Å². The van der Waals surface area contributed by atoms with Crippen molar-refractivity contribution in [3.05, 3.63) is 69.7 Å². The maximum atomic E-state index is 12.2. The Morgan fingerprint density at radius 3 is 2.20 bits per heavy atom. The van der Waals surface area contributed by atoms with Crippen LogP contribution in [0.4, 0.5) is 0 Å². The Balaban J connectivity index is 2.07. The van der Waals surface area contributed by atoms with Gasteiger partial charge in [0.15, 0.2) is 5.78 Å². The van der Waals surface area contributed by atoms with E-state index in [1.807, 2.05) is 0 Å². The molecule has 25 heavy (non-hydrogen) atoms. The van der Waals surface area contributed by atoms with Gasteiger partial charge in [-0.1, -0.05) is 29.3 Å². The van der Waals surface area contributed by atoms with Crippen molar-refractivity contribution in [2.24, 2.45) is 5.41 Å². The van der Waals surface area contributed by atoms with E-state index < -0.39 is 5.41 Å². The second-order valence-corrected chi connectivity index (χ2v) is 7.37. The van der Waals surface area contributed by atoms with Gasteiger partial charge in [-0.15, -0.1) is 0 Å². The molecule has 0 aliphatic heterocycles. The summed E-state index contributed by atoms with van der Waals surface area (Å²) in [4.78, 5) is 24.1. The fourth-order valence-corrected chi connectivity index (χ4v) is 2.32. The van der Waals surface area contributed by atoms with Crippen molar-refractivity contribution in [2.45, 2.75) is 20.8 Å². The van der Waals surface area contributed by atoms with Crippen LogP contribution in [0.2, 0.25) is 10.0 Å². The summed E-state index contributed by atoms with van der Waals surface area (Å²) >= 11 is 11.9. The molecule has 0 aromatic heterocycles. The highest BCUT2D eigenvalue weighted by Gasteiger charge is 2.23. The molecule has 3 nitrogen and oxygen atoms in total. The van der Waals surface area contributed by atoms with E-state index >= 15 is 0 Å². The molecule has 0 atom stereocenters. The Labute approximate surface area is 157 Å². The van der Waals surface area contributed by atoms with Gasteiger partial charge in [-0.05, 0) is 74.9 Å². The smallest absolute Gasteiger partial charge is 0.316 e. The minimum atomic E-state index is -0.588. The summed E-state index contributed by atoms with van der Waals surface area (Å²) in [6.07, 6.45) is 3.07. The molecule has 2 rings (SSSR count). The predicted molar refractivity (Wildman–Crippen MR) is 101 cm³/mol. The van der Waals surface area contributed by atoms with E-state index in [0.717, 1.165) is 0 Å². The van der Waals surface area contributed by atoms with E-state index in [-0.39, 0.29) is 11.8 Å². The lowest BCUT2D eigenvalue weighted by atomic mass is 9.97. The molecular formula is C20H18Cl2O3. The molecule has 0 bridgehead atoms. The Hall–Kier alpha value is -2.10. The molecule has 0 aliphatic carbocycles. The van der Waals surface area contributed by atoms with Crippen LogP contribution in [0.3, 0.4) is 0 Å². The molecule has 2 aromatic rings. The lowest BCUT2D eigenvalue weighted by Crippen LogP contribution is -2.25. The molecule has 130 valence electrons. The Morgan fingerprint density at radius 1 is 1.00 bits per heavy atom. The van der Waals surface area contributed by atoms with Crippen molar-refractivity contribution in [2.75, 3.05) is 0 Å². The number of benzene rings is 2. The third-order valence-electron chi connectivity index (χ3n) is 3.34. The van der Waals surface area contributed by atoms with Gasteiger partial charge >= 0.3 is 5.97 Å². The highest BCUT2D eigenvalue weighted by atomic mass is 35.5. The average molecular weight is 377 g/mol. The molecule has 2 aromatic carbocycles. The fourth-order valence-electron chi connectivity index (χ4n) is 1.85. The van der Waals surface area contributed by atoms with Crippen molar-refractivity contribution in [3.63, 3.8) is 0 Å². The van der Waals surface area contributed by atoms with Crippen LogP contribution in [0.5, 0.6) is 5.75 Å². The maximum absolute atomic E-state index is 12.2. The standard InChI is InChI=1S/C20H18Cl2O3/c1-20(2,3)19(24)25-16-9-5-14(6-10-16)18(23)11-7-13-4-8-15(21)12-17(13)22/h4-12H,1-3H3. The Kier molecular flexibility index (Phi) is 6.04. The van der Waals surface area contributed by atoms with Gasteiger partial charge in [-0.2, -0.15) is 0 Å². The van der Waals surface area contributed by atoms with Crippen LogP contribution in [-0.4, -0.2) is 11.8 Å². The van der Waals surface area contributed by atoms with Gasteiger partial charge in [0.25, 0.3) is 0 Å². The van der Waals surface area contributed by atoms with Gasteiger partial charge in [-0.25, -0.2) is 0 Å². The number of esters is 1. The summed E-state index contributed by atoms with van der Waals surface area (Å²) in [6, 6.07) is 11.5. The summed E-state index contributed by atoms with van der Waals surface area (Å²) in [6.45, 7) is 5.33. The van der Waals surface area contributed by atoms with Gasteiger partial charge in [0, 0.05) is 15.6 Å². The summed E-state index contributed by atoms with van der Waals surface area (Å²) in [5.74, 6) is -0.107. The first kappa shape index (κ1) is 19.2. The fraction of sp³-hybridized carbons (Fsp3) is 0.200. The van der Waals surface area contributed by atoms with Crippen molar-refractivity contribution in [3.8, 4) is 5.75 Å². The molecule has 0 unspecified atom stereocenters. The van der Waals surface area contributed by atoms with E-state index in [1.165, 1.54) is 6.08 Å². The molecule has 0 amide bonds. The van der Waals surface area contributed by atoms with E-state index in [2.05, 4.69) is 0 Å². The second kappa shape index (κ2) is 7.85. The number of allylic oxidation sites excluding steroid dienone is 1. The molecule has 0 saturated heterocycles. The first-order valence-electron chi connectivity index (χ1n) is 7.66. The molecule has 0 heterocycles. The number of halogens is 2. The zero-order valence-electron chi connectivity index (χ0n) is 14.2. The largest absolute Gasteiger partial charge is 0.426 e. The Bertz CT molecular complexity index is 816. The van der Waals surface area contributed by atoms with E-state index in [1.54, 1.807) is 69.3 Å². The Morgan fingerprint density at radius 2 is 1.64 bits per heavy atom. The number of rotatable bonds is 4. The van der Waals surface area contributed by atoms with Crippen molar-refractivity contribution >= 4 is 41.0 Å². The number of ether oxygens (including phenoxy) is 1. The predicted octanol–water partition coefficient (Wildman–Crippen LogP) is 5.84. The molecule has 0 radical (unpaired) electrons. The number of hydrogen-bond donors (Lipinski definition) is 0. The molecule has 5 heteroatoms. The zero-order valence-corrected chi connectivity index (χ0v) is 15.7. The lowest BCUT2D eigenvalue weighted by Gasteiger charge is -2.16. The van der Waals surface area contributed by atoms with Crippen LogP contribution >= 0.6 is 23.2 Å². The number of ketones is 1. The number of hydrogen-bond acceptors (Lipinski definition) is 3. The van der Waals surface area contributed by atoms with Crippen LogP contribution in [0, 0.1) is 5.41 Å². The summed E-state index contributed by atoms with van der Waals surface area (Å²) < 4.78 is 5.27. The van der Waals surface area contributed by atoms with Gasteiger partial charge < -0.3 is 4.74 Å². The highest BCUT2D eigenvalue weighted by Crippen LogP contribution is 2.23. The third-order valence-corrected chi connectivity index (χ3v) is 3.90. The monoisotopic (exact) mass is 376 g/mol. The normalized spacial score (nSPS) is 11.6. The first-order chi connectivity index (χ1) is 11.7. The average Bonchev–Trinajstić information content (AvgIpc) is 2.53. The molecular weight excluding hydrogens is 359 g/mol. The number of carbonyl (C=O) groups excluding carboxylic acids is 2. The van der Waals surface area contributed by atoms with E-state index in [0.29, 0.717) is 26.9 Å². The van der Waals surface area contributed by atoms with Crippen LogP contribution in [0.1, 0.15) is 36.7 Å². The molecule has 0 N–H and O–H groups in total. The van der Waals surface area contributed by atoms with Gasteiger partial charge in [0.05, 0.1) is 5.41 Å². The van der Waals surface area contributed by atoms with Crippen LogP contribution in [0.25, 0.3) is 6.08 Å². The van der Waals surface area contributed by atoms with Crippen molar-refractivity contribution in [1.29, 1.82) is 0 Å². The highest BCUT2D eigenvalue weighted by molar-refractivity contribution is 6.35. The minimum absolute atomic E-state index is 0.181. The summed E-state index contributed by atoms with van der Waals surface area (Å²) in [5, 5.41) is 1.01. The SMILES string of the molecule is CC(C)(C)C(=O)Oc1ccc(C(=O)C=Cc2ccc(Cl)cc2Cl)cc1. The number of carbonyl (C=O) groups is 2. The first-order valence-corrected chi connectivity index (χ1v) is 8.42. The van der Waals surface area contributed by atoms with Gasteiger partial charge in [0.2, 0.25) is 0 Å². The van der Waals surface area contributed by atoms with Crippen molar-refractivity contribution in [1.82, 2.24) is 0 Å². The summed E-state index contributed by atoms with van der Waals surface area (Å²) in [5.41, 5.74) is 0.599. The maximum Gasteiger partial charge on any atom is 0.316 e. The second-order valence-electron chi connectivity index (χ2n) is 6.53. The van der Waals surface area contributed by atoms with Gasteiger partial charge in [0.1, 0.15) is 5.75 Å². The zero-order chi connectivity index (χ0) is 18.6. The van der Waals surface area contributed by atoms with Crippen molar-refractivity contribution < 1.29 is 14.3 Å². The molecule has 0 saturated carbocycles. The molecule has 0 aliphatic rings. The molecule has 0 spiro atoms.